The first kappa shape index (κ1) is 16.1. The van der Waals surface area contributed by atoms with Crippen molar-refractivity contribution in [1.82, 2.24) is 0 Å². The highest BCUT2D eigenvalue weighted by Crippen LogP contribution is 2.42. The van der Waals surface area contributed by atoms with Gasteiger partial charge in [-0.05, 0) is 50.3 Å². The Hall–Kier alpha value is -1.27. The maximum Gasteiger partial charge on any atom is 0.573 e. The summed E-state index contributed by atoms with van der Waals surface area (Å²) < 4.78 is 40.3. The summed E-state index contributed by atoms with van der Waals surface area (Å²) in [5, 5.41) is 10.0. The van der Waals surface area contributed by atoms with Crippen LogP contribution in [-0.4, -0.2) is 23.6 Å². The van der Waals surface area contributed by atoms with Crippen LogP contribution < -0.4 is 10.5 Å². The van der Waals surface area contributed by atoms with Crippen molar-refractivity contribution in [3.05, 3.63) is 29.8 Å². The Morgan fingerprint density at radius 2 is 1.67 bits per heavy atom. The van der Waals surface area contributed by atoms with Gasteiger partial charge in [-0.15, -0.1) is 13.2 Å². The smallest absolute Gasteiger partial charge is 0.406 e. The Morgan fingerprint density at radius 1 is 1.14 bits per heavy atom. The predicted octanol–water partition coefficient (Wildman–Crippen LogP) is 3.11. The molecule has 0 aliphatic heterocycles. The summed E-state index contributed by atoms with van der Waals surface area (Å²) in [6.07, 6.45) is -1.99. The average molecular weight is 303 g/mol. The molecule has 0 amide bonds. The van der Waals surface area contributed by atoms with Crippen molar-refractivity contribution < 1.29 is 23.0 Å². The molecular weight excluding hydrogens is 283 g/mol. The Labute approximate surface area is 121 Å². The molecular formula is C15H20F3NO2. The summed E-state index contributed by atoms with van der Waals surface area (Å²) in [5.41, 5.74) is 5.84. The third-order valence-corrected chi connectivity index (χ3v) is 4.38. The number of hydrogen-bond donors (Lipinski definition) is 2. The molecule has 3 N–H and O–H groups in total. The molecule has 1 saturated carbocycles. The van der Waals surface area contributed by atoms with Gasteiger partial charge in [-0.25, -0.2) is 0 Å². The number of ether oxygens (including phenoxy) is 1. The van der Waals surface area contributed by atoms with E-state index in [4.69, 9.17) is 5.73 Å². The molecule has 0 atom stereocenters. The highest BCUT2D eigenvalue weighted by Gasteiger charge is 2.40. The lowest BCUT2D eigenvalue weighted by atomic mass is 9.65. The van der Waals surface area contributed by atoms with Gasteiger partial charge in [-0.2, -0.15) is 0 Å². The molecule has 3 nitrogen and oxygen atoms in total. The molecule has 1 aliphatic rings. The highest BCUT2D eigenvalue weighted by atomic mass is 19.4. The molecule has 118 valence electrons. The SMILES string of the molecule is CC1(O)CCC(CN)(c2ccc(OC(F)(F)F)cc2)CC1. The van der Waals surface area contributed by atoms with Crippen LogP contribution in [0.4, 0.5) is 13.2 Å². The predicted molar refractivity (Wildman–Crippen MR) is 72.9 cm³/mol. The average Bonchev–Trinajstić information content (AvgIpc) is 2.39. The number of rotatable bonds is 3. The quantitative estimate of drug-likeness (QED) is 0.902. The van der Waals surface area contributed by atoms with Crippen molar-refractivity contribution in [2.45, 2.75) is 50.0 Å². The molecule has 1 fully saturated rings. The second kappa shape index (κ2) is 5.50. The number of hydrogen-bond acceptors (Lipinski definition) is 3. The third kappa shape index (κ3) is 3.89. The summed E-state index contributed by atoms with van der Waals surface area (Å²) in [4.78, 5) is 0. The molecule has 0 saturated heterocycles. The van der Waals surface area contributed by atoms with Crippen LogP contribution in [0.5, 0.6) is 5.75 Å². The Kier molecular flexibility index (Phi) is 4.22. The van der Waals surface area contributed by atoms with Gasteiger partial charge in [0.15, 0.2) is 0 Å². The lowest BCUT2D eigenvalue weighted by Gasteiger charge is -2.42. The normalized spacial score (nSPS) is 30.2. The van der Waals surface area contributed by atoms with Crippen LogP contribution in [0.25, 0.3) is 0 Å². The zero-order chi connectivity index (χ0) is 15.7. The first-order valence-electron chi connectivity index (χ1n) is 6.95. The monoisotopic (exact) mass is 303 g/mol. The molecule has 0 unspecified atom stereocenters. The van der Waals surface area contributed by atoms with Crippen LogP contribution in [0.2, 0.25) is 0 Å². The number of benzene rings is 1. The summed E-state index contributed by atoms with van der Waals surface area (Å²) in [7, 11) is 0. The van der Waals surface area contributed by atoms with E-state index in [1.165, 1.54) is 12.1 Å². The number of nitrogens with two attached hydrogens (primary N) is 1. The van der Waals surface area contributed by atoms with E-state index in [-0.39, 0.29) is 11.2 Å². The zero-order valence-electron chi connectivity index (χ0n) is 11.9. The number of aliphatic hydroxyl groups is 1. The molecule has 0 radical (unpaired) electrons. The minimum Gasteiger partial charge on any atom is -0.406 e. The summed E-state index contributed by atoms with van der Waals surface area (Å²) in [5.74, 6) is -0.235. The van der Waals surface area contributed by atoms with Gasteiger partial charge in [0.2, 0.25) is 0 Å². The van der Waals surface area contributed by atoms with E-state index in [9.17, 15) is 18.3 Å². The molecule has 6 heteroatoms. The van der Waals surface area contributed by atoms with Gasteiger partial charge in [0.1, 0.15) is 5.75 Å². The molecule has 0 spiro atoms. The first-order valence-corrected chi connectivity index (χ1v) is 6.95. The molecule has 0 bridgehead atoms. The number of alkyl halides is 3. The minimum absolute atomic E-state index is 0.235. The van der Waals surface area contributed by atoms with Crippen LogP contribution in [0.15, 0.2) is 24.3 Å². The summed E-state index contributed by atoms with van der Waals surface area (Å²) in [6.45, 7) is 2.20. The van der Waals surface area contributed by atoms with E-state index >= 15 is 0 Å². The van der Waals surface area contributed by atoms with Crippen molar-refractivity contribution in [3.8, 4) is 5.75 Å². The lowest BCUT2D eigenvalue weighted by molar-refractivity contribution is -0.274. The van der Waals surface area contributed by atoms with E-state index in [1.54, 1.807) is 19.1 Å². The Bertz CT molecular complexity index is 473. The lowest BCUT2D eigenvalue weighted by Crippen LogP contribution is -2.43. The van der Waals surface area contributed by atoms with Crippen molar-refractivity contribution in [2.75, 3.05) is 6.54 Å². The summed E-state index contributed by atoms with van der Waals surface area (Å²) in [6, 6.07) is 5.89. The molecule has 0 heterocycles. The van der Waals surface area contributed by atoms with E-state index in [1.807, 2.05) is 0 Å². The van der Waals surface area contributed by atoms with Crippen molar-refractivity contribution in [3.63, 3.8) is 0 Å². The van der Waals surface area contributed by atoms with Gasteiger partial charge < -0.3 is 15.6 Å². The van der Waals surface area contributed by atoms with Gasteiger partial charge in [0, 0.05) is 12.0 Å². The van der Waals surface area contributed by atoms with Gasteiger partial charge in [-0.3, -0.25) is 0 Å². The Balaban J connectivity index is 2.16. The largest absolute Gasteiger partial charge is 0.573 e. The maximum absolute atomic E-state index is 12.2. The highest BCUT2D eigenvalue weighted by molar-refractivity contribution is 5.33. The van der Waals surface area contributed by atoms with Gasteiger partial charge in [0.25, 0.3) is 0 Å². The Morgan fingerprint density at radius 3 is 2.10 bits per heavy atom. The fourth-order valence-electron chi connectivity index (χ4n) is 2.89. The zero-order valence-corrected chi connectivity index (χ0v) is 11.9. The number of halogens is 3. The van der Waals surface area contributed by atoms with Crippen LogP contribution in [0.3, 0.4) is 0 Å². The molecule has 1 aromatic carbocycles. The summed E-state index contributed by atoms with van der Waals surface area (Å²) >= 11 is 0. The van der Waals surface area contributed by atoms with Crippen LogP contribution in [0.1, 0.15) is 38.2 Å². The van der Waals surface area contributed by atoms with Gasteiger partial charge in [0.05, 0.1) is 5.60 Å². The molecule has 1 aliphatic carbocycles. The second-order valence-electron chi connectivity index (χ2n) is 6.05. The van der Waals surface area contributed by atoms with Crippen molar-refractivity contribution >= 4 is 0 Å². The van der Waals surface area contributed by atoms with Gasteiger partial charge >= 0.3 is 6.36 Å². The van der Waals surface area contributed by atoms with Crippen LogP contribution >= 0.6 is 0 Å². The van der Waals surface area contributed by atoms with Crippen molar-refractivity contribution in [1.29, 1.82) is 0 Å². The second-order valence-corrected chi connectivity index (χ2v) is 6.05. The first-order chi connectivity index (χ1) is 9.66. The topological polar surface area (TPSA) is 55.5 Å². The maximum atomic E-state index is 12.2. The van der Waals surface area contributed by atoms with E-state index in [2.05, 4.69) is 4.74 Å². The van der Waals surface area contributed by atoms with Gasteiger partial charge in [-0.1, -0.05) is 12.1 Å². The van der Waals surface area contributed by atoms with Crippen LogP contribution in [-0.2, 0) is 5.41 Å². The fourth-order valence-corrected chi connectivity index (χ4v) is 2.89. The van der Waals surface area contributed by atoms with Crippen molar-refractivity contribution in [2.24, 2.45) is 5.73 Å². The van der Waals surface area contributed by atoms with E-state index in [0.29, 0.717) is 19.4 Å². The van der Waals surface area contributed by atoms with E-state index in [0.717, 1.165) is 18.4 Å². The molecule has 2 rings (SSSR count). The van der Waals surface area contributed by atoms with Crippen LogP contribution in [0, 0.1) is 0 Å². The standard InChI is InChI=1S/C15H20F3NO2/c1-13(20)6-8-14(10-19,9-7-13)11-2-4-12(5-3-11)21-15(16,17)18/h2-5,20H,6-10,19H2,1H3. The molecule has 0 aromatic heterocycles. The fraction of sp³-hybridized carbons (Fsp3) is 0.600. The molecule has 21 heavy (non-hydrogen) atoms. The minimum atomic E-state index is -4.68. The van der Waals surface area contributed by atoms with E-state index < -0.39 is 12.0 Å². The molecule has 1 aromatic rings. The third-order valence-electron chi connectivity index (χ3n) is 4.38.